The van der Waals surface area contributed by atoms with Gasteiger partial charge in [-0.2, -0.15) is 5.10 Å². The van der Waals surface area contributed by atoms with Crippen LogP contribution in [-0.2, 0) is 0 Å². The Morgan fingerprint density at radius 1 is 1.58 bits per heavy atom. The van der Waals surface area contributed by atoms with Crippen molar-refractivity contribution in [3.8, 4) is 0 Å². The molecule has 0 aliphatic carbocycles. The number of rotatable bonds is 2. The lowest BCUT2D eigenvalue weighted by Crippen LogP contribution is -1.89. The second-order valence-corrected chi connectivity index (χ2v) is 1.61. The maximum Gasteiger partial charge on any atom is 0.176 e. The molecular weight excluding hydrogens is 152 g/mol. The second-order valence-electron chi connectivity index (χ2n) is 1.61. The molecule has 4 nitrogen and oxygen atoms in total. The van der Waals surface area contributed by atoms with Crippen LogP contribution in [0.4, 0.5) is 0 Å². The Morgan fingerprint density at radius 3 is 2.75 bits per heavy atom. The summed E-state index contributed by atoms with van der Waals surface area (Å²) in [7, 11) is 0. The smallest absolute Gasteiger partial charge is 0.176 e. The van der Waals surface area contributed by atoms with Crippen molar-refractivity contribution in [2.45, 2.75) is 20.8 Å². The minimum Gasteiger partial charge on any atom is -0.201 e. The predicted octanol–water partition coefficient (Wildman–Crippen LogP) is 1.80. The van der Waals surface area contributed by atoms with Gasteiger partial charge in [-0.05, 0) is 13.0 Å². The van der Waals surface area contributed by atoms with Gasteiger partial charge in [-0.3, -0.25) is 0 Å². The third-order valence-corrected chi connectivity index (χ3v) is 0.978. The van der Waals surface area contributed by atoms with Gasteiger partial charge in [-0.1, -0.05) is 20.4 Å². The van der Waals surface area contributed by atoms with Crippen LogP contribution >= 0.6 is 0 Å². The monoisotopic (exact) mass is 166 g/mol. The lowest BCUT2D eigenvalue weighted by molar-refractivity contribution is 0.864. The third-order valence-electron chi connectivity index (χ3n) is 0.978. The summed E-state index contributed by atoms with van der Waals surface area (Å²) < 4.78 is 1.55. The average Bonchev–Trinajstić information content (AvgIpc) is 2.56. The Morgan fingerprint density at radius 2 is 2.25 bits per heavy atom. The Bertz CT molecular complexity index is 249. The molecule has 0 spiro atoms. The average molecular weight is 166 g/mol. The number of nitrogens with zero attached hydrogens (tertiary/aromatic N) is 4. The summed E-state index contributed by atoms with van der Waals surface area (Å²) in [5.74, 6) is 0.651. The van der Waals surface area contributed by atoms with Crippen LogP contribution in [0.3, 0.4) is 0 Å². The third kappa shape index (κ3) is 2.65. The molecule has 1 aromatic rings. The van der Waals surface area contributed by atoms with E-state index in [1.807, 2.05) is 20.8 Å². The van der Waals surface area contributed by atoms with E-state index < -0.39 is 0 Å². The zero-order valence-electron chi connectivity index (χ0n) is 7.73. The van der Waals surface area contributed by atoms with Crippen LogP contribution in [0.25, 0.3) is 6.08 Å². The highest BCUT2D eigenvalue weighted by molar-refractivity contribution is 5.53. The van der Waals surface area contributed by atoms with Crippen LogP contribution in [0.15, 0.2) is 18.0 Å². The molecule has 0 aromatic carbocycles. The van der Waals surface area contributed by atoms with Crippen LogP contribution in [0.5, 0.6) is 0 Å². The maximum absolute atomic E-state index is 3.93. The number of hydrogen-bond acceptors (Lipinski definition) is 3. The van der Waals surface area contributed by atoms with Gasteiger partial charge in [0.05, 0.1) is 0 Å². The van der Waals surface area contributed by atoms with Gasteiger partial charge >= 0.3 is 0 Å². The molecule has 0 fully saturated rings. The highest BCUT2D eigenvalue weighted by atomic mass is 15.4. The van der Waals surface area contributed by atoms with E-state index in [-0.39, 0.29) is 0 Å². The van der Waals surface area contributed by atoms with Crippen LogP contribution in [0.1, 0.15) is 26.6 Å². The highest BCUT2D eigenvalue weighted by Crippen LogP contribution is 1.93. The van der Waals surface area contributed by atoms with E-state index in [4.69, 9.17) is 0 Å². The molecule has 0 aliphatic rings. The van der Waals surface area contributed by atoms with Gasteiger partial charge in [-0.25, -0.2) is 4.68 Å². The Labute approximate surface area is 72.6 Å². The van der Waals surface area contributed by atoms with Gasteiger partial charge in [0.1, 0.15) is 6.33 Å². The van der Waals surface area contributed by atoms with Crippen molar-refractivity contribution in [1.29, 1.82) is 0 Å². The first kappa shape index (κ1) is 10.6. The molecule has 0 saturated heterocycles. The summed E-state index contributed by atoms with van der Waals surface area (Å²) in [5, 5.41) is 11.3. The highest BCUT2D eigenvalue weighted by Gasteiger charge is 1.93. The zero-order chi connectivity index (χ0) is 9.40. The van der Waals surface area contributed by atoms with Gasteiger partial charge in [-0.15, -0.1) is 10.2 Å². The Hall–Kier alpha value is -1.45. The summed E-state index contributed by atoms with van der Waals surface area (Å²) in [4.78, 5) is 0. The van der Waals surface area contributed by atoms with Gasteiger partial charge in [0.15, 0.2) is 5.82 Å². The van der Waals surface area contributed by atoms with Crippen molar-refractivity contribution in [2.24, 2.45) is 5.10 Å². The molecule has 0 atom stereocenters. The van der Waals surface area contributed by atoms with Gasteiger partial charge in [0, 0.05) is 6.21 Å². The zero-order valence-corrected chi connectivity index (χ0v) is 7.73. The molecule has 4 heteroatoms. The first-order valence-electron chi connectivity index (χ1n) is 3.90. The van der Waals surface area contributed by atoms with Crippen LogP contribution in [0, 0.1) is 0 Å². The Kier molecular flexibility index (Phi) is 5.51. The summed E-state index contributed by atoms with van der Waals surface area (Å²) >= 11 is 0. The van der Waals surface area contributed by atoms with E-state index >= 15 is 0 Å². The molecule has 1 rings (SSSR count). The van der Waals surface area contributed by atoms with E-state index in [1.54, 1.807) is 17.0 Å². The molecule has 12 heavy (non-hydrogen) atoms. The van der Waals surface area contributed by atoms with E-state index in [0.717, 1.165) is 0 Å². The Balaban J connectivity index is 0.000000561. The fraction of sp³-hybridized carbons (Fsp3) is 0.375. The van der Waals surface area contributed by atoms with Crippen LogP contribution in [0.2, 0.25) is 0 Å². The molecule has 0 bridgehead atoms. The predicted molar refractivity (Wildman–Crippen MR) is 51.0 cm³/mol. The van der Waals surface area contributed by atoms with Crippen molar-refractivity contribution < 1.29 is 0 Å². The van der Waals surface area contributed by atoms with E-state index in [0.29, 0.717) is 5.82 Å². The normalized spacial score (nSPS) is 9.25. The fourth-order valence-electron chi connectivity index (χ4n) is 0.587. The fourth-order valence-corrected chi connectivity index (χ4v) is 0.587. The molecule has 0 saturated carbocycles. The SMILES string of the molecule is C=Cc1nncn1/N=C\C.CC. The van der Waals surface area contributed by atoms with Crippen molar-refractivity contribution in [2.75, 3.05) is 0 Å². The minimum absolute atomic E-state index is 0.651. The van der Waals surface area contributed by atoms with Crippen molar-refractivity contribution in [3.05, 3.63) is 18.7 Å². The van der Waals surface area contributed by atoms with Crippen molar-refractivity contribution in [1.82, 2.24) is 14.9 Å². The lowest BCUT2D eigenvalue weighted by atomic mass is 10.6. The van der Waals surface area contributed by atoms with Crippen LogP contribution < -0.4 is 0 Å². The molecule has 0 unspecified atom stereocenters. The summed E-state index contributed by atoms with van der Waals surface area (Å²) in [5.41, 5.74) is 0. The largest absolute Gasteiger partial charge is 0.201 e. The first-order valence-corrected chi connectivity index (χ1v) is 3.90. The molecule has 0 amide bonds. The molecule has 1 heterocycles. The first-order chi connectivity index (χ1) is 5.88. The topological polar surface area (TPSA) is 43.1 Å². The van der Waals surface area contributed by atoms with Crippen molar-refractivity contribution >= 4 is 12.3 Å². The number of hydrogen-bond donors (Lipinski definition) is 0. The van der Waals surface area contributed by atoms with Gasteiger partial charge in [0.2, 0.25) is 0 Å². The quantitative estimate of drug-likeness (QED) is 0.629. The second kappa shape index (κ2) is 6.27. The number of aromatic nitrogens is 3. The molecule has 66 valence electrons. The summed E-state index contributed by atoms with van der Waals surface area (Å²) in [6, 6.07) is 0. The van der Waals surface area contributed by atoms with Crippen LogP contribution in [-0.4, -0.2) is 21.1 Å². The van der Waals surface area contributed by atoms with E-state index in [9.17, 15) is 0 Å². The molecule has 1 aromatic heterocycles. The summed E-state index contributed by atoms with van der Waals surface area (Å²) in [6.45, 7) is 9.38. The minimum atomic E-state index is 0.651. The maximum atomic E-state index is 3.93. The van der Waals surface area contributed by atoms with Crippen molar-refractivity contribution in [3.63, 3.8) is 0 Å². The van der Waals surface area contributed by atoms with Gasteiger partial charge in [0.25, 0.3) is 0 Å². The molecule has 0 N–H and O–H groups in total. The van der Waals surface area contributed by atoms with E-state index in [2.05, 4.69) is 21.9 Å². The standard InChI is InChI=1S/C6H8N4.C2H6/c1-3-6-9-7-5-10(6)8-4-2;1-2/h3-5H,1H2,2H3;1-2H3/b8-4-;. The van der Waals surface area contributed by atoms with E-state index in [1.165, 1.54) is 6.33 Å². The molecular formula is C8H14N4. The lowest BCUT2D eigenvalue weighted by Gasteiger charge is -1.89. The van der Waals surface area contributed by atoms with Gasteiger partial charge < -0.3 is 0 Å². The molecule has 0 aliphatic heterocycles. The molecule has 0 radical (unpaired) electrons. The summed E-state index contributed by atoms with van der Waals surface area (Å²) in [6.07, 6.45) is 4.79.